The first kappa shape index (κ1) is 55.2. The molecule has 1 aliphatic heterocycles. The van der Waals surface area contributed by atoms with Crippen molar-refractivity contribution in [2.75, 3.05) is 19.7 Å². The highest BCUT2D eigenvalue weighted by Crippen LogP contribution is 2.25. The number of amides is 4. The lowest BCUT2D eigenvalue weighted by molar-refractivity contribution is -0.224. The molecule has 0 bridgehead atoms. The van der Waals surface area contributed by atoms with Crippen LogP contribution >= 0.6 is 0 Å². The van der Waals surface area contributed by atoms with Gasteiger partial charge in [-0.05, 0) is 25.3 Å². The second-order valence-electron chi connectivity index (χ2n) is 17.8. The lowest BCUT2D eigenvalue weighted by Crippen LogP contribution is -2.70. The van der Waals surface area contributed by atoms with Crippen LogP contribution in [-0.4, -0.2) is 94.6 Å². The molecule has 12 heteroatoms. The Hall–Kier alpha value is -2.93. The van der Waals surface area contributed by atoms with Crippen LogP contribution in [0.2, 0.25) is 0 Å². The Morgan fingerprint density at radius 3 is 1.58 bits per heavy atom. The second kappa shape index (κ2) is 36.4. The summed E-state index contributed by atoms with van der Waals surface area (Å²) in [7, 11) is 0. The molecule has 1 aromatic carbocycles. The van der Waals surface area contributed by atoms with E-state index in [1.807, 2.05) is 30.3 Å². The van der Waals surface area contributed by atoms with Crippen LogP contribution in [0.1, 0.15) is 206 Å². The van der Waals surface area contributed by atoms with Gasteiger partial charge in [-0.1, -0.05) is 211 Å². The summed E-state index contributed by atoms with van der Waals surface area (Å²) in [6.45, 7) is 6.17. The summed E-state index contributed by atoms with van der Waals surface area (Å²) in [4.78, 5) is 41.5. The number of benzene rings is 1. The van der Waals surface area contributed by atoms with Gasteiger partial charge in [-0.15, -0.1) is 0 Å². The molecular formula is C50H90N4O8. The van der Waals surface area contributed by atoms with Crippen LogP contribution in [0.5, 0.6) is 0 Å². The van der Waals surface area contributed by atoms with Crippen LogP contribution in [0.4, 0.5) is 9.59 Å². The fraction of sp³-hybridized carbons (Fsp3) is 0.820. The SMILES string of the molecule is CCCCCCCCCCCCCCCCCCNC(=O)N(CCCCCCCCCCCCCC)[C@@H]1O[C@H](CO)[C@@H](O)[C@H](O)[C@H]1NC(=O)[C@H](C)NC(=O)OCc1ccccc1. The van der Waals surface area contributed by atoms with Crippen molar-refractivity contribution >= 4 is 18.0 Å². The van der Waals surface area contributed by atoms with Gasteiger partial charge in [0.1, 0.15) is 37.0 Å². The number of urea groups is 1. The standard InChI is InChI=1S/C50H90N4O8/c1-4-6-8-10-12-14-16-18-19-20-21-22-24-26-28-33-37-51-49(59)54(38-34-29-27-25-23-17-15-13-11-9-7-5-2)48-44(46(57)45(56)43(39-55)62-48)53-47(58)41(3)52-50(60)61-40-42-35-31-30-32-36-42/h30-32,35-36,41,43-46,48,55-57H,4-29,33-34,37-40H2,1-3H3,(H,51,59)(H,52,60)(H,53,58)/t41-,43+,44+,45+,46+,48+/m0/s1. The highest BCUT2D eigenvalue weighted by Gasteiger charge is 2.48. The number of hydrogen-bond donors (Lipinski definition) is 6. The summed E-state index contributed by atoms with van der Waals surface area (Å²) >= 11 is 0. The van der Waals surface area contributed by atoms with Gasteiger partial charge < -0.3 is 40.7 Å². The average Bonchev–Trinajstić information content (AvgIpc) is 3.27. The number of hydrogen-bond acceptors (Lipinski definition) is 8. The van der Waals surface area contributed by atoms with E-state index >= 15 is 0 Å². The molecule has 1 fully saturated rings. The first-order chi connectivity index (χ1) is 30.2. The van der Waals surface area contributed by atoms with Crippen molar-refractivity contribution < 1.29 is 39.2 Å². The van der Waals surface area contributed by atoms with Gasteiger partial charge in [0, 0.05) is 13.1 Å². The van der Waals surface area contributed by atoms with Crippen molar-refractivity contribution in [3.8, 4) is 0 Å². The van der Waals surface area contributed by atoms with E-state index in [2.05, 4.69) is 29.8 Å². The molecule has 6 N–H and O–H groups in total. The lowest BCUT2D eigenvalue weighted by Gasteiger charge is -2.46. The van der Waals surface area contributed by atoms with Crippen molar-refractivity contribution in [3.63, 3.8) is 0 Å². The summed E-state index contributed by atoms with van der Waals surface area (Å²) in [6.07, 6.45) is 27.9. The predicted octanol–water partition coefficient (Wildman–Crippen LogP) is 10.2. The second-order valence-corrected chi connectivity index (χ2v) is 17.8. The topological polar surface area (TPSA) is 170 Å². The first-order valence-corrected chi connectivity index (χ1v) is 25.2. The van der Waals surface area contributed by atoms with E-state index in [9.17, 15) is 29.7 Å². The number of rotatable bonds is 37. The van der Waals surface area contributed by atoms with Gasteiger partial charge in [0.15, 0.2) is 6.23 Å². The third kappa shape index (κ3) is 24.8. The van der Waals surface area contributed by atoms with Crippen LogP contribution in [-0.2, 0) is 20.9 Å². The molecule has 0 radical (unpaired) electrons. The van der Waals surface area contributed by atoms with Gasteiger partial charge in [0.25, 0.3) is 0 Å². The number of aliphatic hydroxyl groups is 3. The summed E-state index contributed by atoms with van der Waals surface area (Å²) in [5.74, 6) is -0.659. The molecule has 0 unspecified atom stereocenters. The van der Waals surface area contributed by atoms with Crippen molar-refractivity contribution in [3.05, 3.63) is 35.9 Å². The van der Waals surface area contributed by atoms with E-state index in [-0.39, 0.29) is 6.61 Å². The molecule has 2 rings (SSSR count). The van der Waals surface area contributed by atoms with Crippen molar-refractivity contribution in [1.29, 1.82) is 0 Å². The van der Waals surface area contributed by atoms with E-state index in [0.717, 1.165) is 44.1 Å². The smallest absolute Gasteiger partial charge is 0.408 e. The quantitative estimate of drug-likeness (QED) is 0.0359. The molecule has 62 heavy (non-hydrogen) atoms. The van der Waals surface area contributed by atoms with Gasteiger partial charge in [-0.25, -0.2) is 9.59 Å². The Balaban J connectivity index is 1.92. The molecule has 1 aliphatic rings. The normalized spacial score (nSPS) is 19.2. The summed E-state index contributed by atoms with van der Waals surface area (Å²) in [5, 5.41) is 40.6. The molecule has 1 heterocycles. The zero-order valence-corrected chi connectivity index (χ0v) is 39.3. The average molecular weight is 875 g/mol. The lowest BCUT2D eigenvalue weighted by atomic mass is 9.94. The van der Waals surface area contributed by atoms with Gasteiger partial charge in [-0.2, -0.15) is 0 Å². The number of nitrogens with one attached hydrogen (secondary N) is 3. The van der Waals surface area contributed by atoms with E-state index < -0.39 is 61.3 Å². The Morgan fingerprint density at radius 1 is 0.661 bits per heavy atom. The Labute approximate surface area is 376 Å². The molecule has 0 spiro atoms. The Kier molecular flexibility index (Phi) is 32.4. The van der Waals surface area contributed by atoms with Crippen LogP contribution in [0, 0.1) is 0 Å². The van der Waals surface area contributed by atoms with Gasteiger partial charge in [0.2, 0.25) is 5.91 Å². The maximum absolute atomic E-state index is 14.0. The molecule has 6 atom stereocenters. The fourth-order valence-electron chi connectivity index (χ4n) is 8.25. The molecule has 0 aliphatic carbocycles. The third-order valence-electron chi connectivity index (χ3n) is 12.3. The number of carbonyl (C=O) groups excluding carboxylic acids is 3. The molecule has 1 saturated heterocycles. The maximum atomic E-state index is 14.0. The molecular weight excluding hydrogens is 785 g/mol. The molecule has 0 saturated carbocycles. The summed E-state index contributed by atoms with van der Waals surface area (Å²) in [6, 6.07) is 6.44. The largest absolute Gasteiger partial charge is 0.445 e. The molecule has 4 amide bonds. The van der Waals surface area contributed by atoms with Gasteiger partial charge in [0.05, 0.1) is 6.61 Å². The Bertz CT molecular complexity index is 1260. The van der Waals surface area contributed by atoms with Crippen molar-refractivity contribution in [1.82, 2.24) is 20.9 Å². The Morgan fingerprint density at radius 2 is 1.11 bits per heavy atom. The van der Waals surface area contributed by atoms with Crippen LogP contribution in [0.25, 0.3) is 0 Å². The number of alkyl carbamates (subject to hydrolysis) is 1. The van der Waals surface area contributed by atoms with E-state index in [4.69, 9.17) is 9.47 Å². The number of unbranched alkanes of at least 4 members (excludes halogenated alkanes) is 26. The first-order valence-electron chi connectivity index (χ1n) is 25.2. The minimum absolute atomic E-state index is 0.0235. The van der Waals surface area contributed by atoms with Crippen LogP contribution in [0.3, 0.4) is 0 Å². The molecule has 12 nitrogen and oxygen atoms in total. The number of ether oxygens (including phenoxy) is 2. The molecule has 1 aromatic rings. The van der Waals surface area contributed by atoms with Crippen LogP contribution in [0.15, 0.2) is 30.3 Å². The summed E-state index contributed by atoms with van der Waals surface area (Å²) in [5.41, 5.74) is 0.791. The minimum atomic E-state index is -1.57. The molecule has 0 aromatic heterocycles. The van der Waals surface area contributed by atoms with E-state index in [1.165, 1.54) is 147 Å². The predicted molar refractivity (Wildman–Crippen MR) is 250 cm³/mol. The number of nitrogens with zero attached hydrogens (tertiary/aromatic N) is 1. The van der Waals surface area contributed by atoms with Crippen LogP contribution < -0.4 is 16.0 Å². The fourth-order valence-corrected chi connectivity index (χ4v) is 8.25. The number of carbonyl (C=O) groups is 3. The van der Waals surface area contributed by atoms with E-state index in [1.54, 1.807) is 0 Å². The highest BCUT2D eigenvalue weighted by atomic mass is 16.6. The monoisotopic (exact) mass is 875 g/mol. The maximum Gasteiger partial charge on any atom is 0.408 e. The number of aliphatic hydroxyl groups excluding tert-OH is 3. The van der Waals surface area contributed by atoms with Crippen molar-refractivity contribution in [2.45, 2.75) is 244 Å². The van der Waals surface area contributed by atoms with Crippen molar-refractivity contribution in [2.24, 2.45) is 0 Å². The highest BCUT2D eigenvalue weighted by molar-refractivity contribution is 5.85. The zero-order valence-electron chi connectivity index (χ0n) is 39.3. The van der Waals surface area contributed by atoms with Gasteiger partial charge >= 0.3 is 12.1 Å². The van der Waals surface area contributed by atoms with Gasteiger partial charge in [-0.3, -0.25) is 9.69 Å². The minimum Gasteiger partial charge on any atom is -0.445 e. The van der Waals surface area contributed by atoms with E-state index in [0.29, 0.717) is 19.5 Å². The summed E-state index contributed by atoms with van der Waals surface area (Å²) < 4.78 is 11.4. The molecule has 358 valence electrons. The zero-order chi connectivity index (χ0) is 45.0. The third-order valence-corrected chi connectivity index (χ3v) is 12.3.